The van der Waals surface area contributed by atoms with Gasteiger partial charge in [0.2, 0.25) is 0 Å². The zero-order valence-corrected chi connectivity index (χ0v) is 21.0. The minimum absolute atomic E-state index is 0.0125. The summed E-state index contributed by atoms with van der Waals surface area (Å²) in [6.07, 6.45) is 4.63. The van der Waals surface area contributed by atoms with Gasteiger partial charge in [-0.15, -0.1) is 0 Å². The molecule has 5 rings (SSSR count). The van der Waals surface area contributed by atoms with E-state index in [1.165, 1.54) is 11.1 Å². The Kier molecular flexibility index (Phi) is 7.03. The van der Waals surface area contributed by atoms with Gasteiger partial charge in [0.05, 0.1) is 24.4 Å². The minimum atomic E-state index is -0.0610. The lowest BCUT2D eigenvalue weighted by molar-refractivity contribution is 0.0710. The summed E-state index contributed by atoms with van der Waals surface area (Å²) in [5.74, 6) is 0.766. The molecule has 36 heavy (non-hydrogen) atoms. The molecule has 6 nitrogen and oxygen atoms in total. The Morgan fingerprint density at radius 3 is 2.61 bits per heavy atom. The first-order chi connectivity index (χ1) is 17.5. The van der Waals surface area contributed by atoms with Gasteiger partial charge in [-0.05, 0) is 80.5 Å². The maximum absolute atomic E-state index is 13.5. The summed E-state index contributed by atoms with van der Waals surface area (Å²) < 4.78 is 5.27. The van der Waals surface area contributed by atoms with Crippen LogP contribution in [0.15, 0.2) is 60.7 Å². The Hall–Kier alpha value is -3.67. The van der Waals surface area contributed by atoms with Crippen molar-refractivity contribution in [1.29, 1.82) is 0 Å². The molecule has 0 spiro atoms. The molecule has 0 saturated carbocycles. The summed E-state index contributed by atoms with van der Waals surface area (Å²) in [6.45, 7) is 3.23. The van der Waals surface area contributed by atoms with Crippen LogP contribution in [0.2, 0.25) is 0 Å². The fraction of sp³-hybridized carbons (Fsp3) is 0.367. The van der Waals surface area contributed by atoms with Gasteiger partial charge in [-0.2, -0.15) is 0 Å². The average molecular weight is 484 g/mol. The molecule has 1 aromatic heterocycles. The van der Waals surface area contributed by atoms with Crippen molar-refractivity contribution in [3.8, 4) is 5.75 Å². The van der Waals surface area contributed by atoms with Crippen LogP contribution in [0, 0.1) is 6.92 Å². The summed E-state index contributed by atoms with van der Waals surface area (Å²) in [5.41, 5.74) is 5.59. The largest absolute Gasteiger partial charge is 0.497 e. The van der Waals surface area contributed by atoms with Crippen molar-refractivity contribution in [2.24, 2.45) is 0 Å². The predicted molar refractivity (Wildman–Crippen MR) is 139 cm³/mol. The van der Waals surface area contributed by atoms with Crippen LogP contribution in [0.5, 0.6) is 5.75 Å². The number of benzene rings is 2. The maximum atomic E-state index is 13.5. The molecule has 2 amide bonds. The van der Waals surface area contributed by atoms with Crippen LogP contribution >= 0.6 is 0 Å². The standard InChI is InChI=1S/C30H33N3O3/c1-20-13-14-26(29(34)32-27-12-6-8-21-7-3-4-11-25(21)27)28(31-20)22-15-17-33(18-16-22)30(35)23-9-5-10-24(19-23)36-2/h3-5,7,9-11,13-14,19,22,27H,6,8,12,15-18H2,1-2H3,(H,32,34). The van der Waals surface area contributed by atoms with Gasteiger partial charge in [-0.1, -0.05) is 30.3 Å². The molecule has 186 valence electrons. The van der Waals surface area contributed by atoms with Crippen molar-refractivity contribution in [1.82, 2.24) is 15.2 Å². The van der Waals surface area contributed by atoms with E-state index in [1.807, 2.05) is 48.2 Å². The lowest BCUT2D eigenvalue weighted by atomic mass is 9.87. The maximum Gasteiger partial charge on any atom is 0.253 e. The van der Waals surface area contributed by atoms with Crippen molar-refractivity contribution in [3.63, 3.8) is 0 Å². The number of pyridine rings is 1. The number of fused-ring (bicyclic) bond motifs is 1. The van der Waals surface area contributed by atoms with Crippen molar-refractivity contribution in [3.05, 3.63) is 94.3 Å². The number of rotatable bonds is 5. The summed E-state index contributed by atoms with van der Waals surface area (Å²) in [4.78, 5) is 33.3. The molecule has 1 unspecified atom stereocenters. The number of amides is 2. The van der Waals surface area contributed by atoms with Crippen LogP contribution in [0.1, 0.15) is 80.9 Å². The average Bonchev–Trinajstić information content (AvgIpc) is 2.93. The molecular weight excluding hydrogens is 450 g/mol. The number of aromatic nitrogens is 1. The molecule has 6 heteroatoms. The van der Waals surface area contributed by atoms with Gasteiger partial charge in [0, 0.05) is 30.3 Å². The highest BCUT2D eigenvalue weighted by Crippen LogP contribution is 2.33. The zero-order chi connectivity index (χ0) is 25.1. The van der Waals surface area contributed by atoms with Crippen LogP contribution in [0.25, 0.3) is 0 Å². The zero-order valence-electron chi connectivity index (χ0n) is 21.0. The third-order valence-electron chi connectivity index (χ3n) is 7.47. The van der Waals surface area contributed by atoms with Gasteiger partial charge < -0.3 is 15.0 Å². The highest BCUT2D eigenvalue weighted by Gasteiger charge is 2.30. The minimum Gasteiger partial charge on any atom is -0.497 e. The number of ether oxygens (including phenoxy) is 1. The van der Waals surface area contributed by atoms with E-state index in [9.17, 15) is 9.59 Å². The second kappa shape index (κ2) is 10.5. The Morgan fingerprint density at radius 2 is 1.81 bits per heavy atom. The number of piperidine rings is 1. The lowest BCUT2D eigenvalue weighted by Crippen LogP contribution is -2.38. The van der Waals surface area contributed by atoms with E-state index in [1.54, 1.807) is 13.2 Å². The molecule has 1 aliphatic carbocycles. The van der Waals surface area contributed by atoms with Crippen LogP contribution in [0.4, 0.5) is 0 Å². The lowest BCUT2D eigenvalue weighted by Gasteiger charge is -2.33. The number of hydrogen-bond acceptors (Lipinski definition) is 4. The van der Waals surface area contributed by atoms with Crippen LogP contribution < -0.4 is 10.1 Å². The van der Waals surface area contributed by atoms with Crippen LogP contribution in [0.3, 0.4) is 0 Å². The van der Waals surface area contributed by atoms with Crippen molar-refractivity contribution < 1.29 is 14.3 Å². The summed E-state index contributed by atoms with van der Waals surface area (Å²) in [7, 11) is 1.60. The molecule has 1 aliphatic heterocycles. The van der Waals surface area contributed by atoms with E-state index in [0.29, 0.717) is 30.0 Å². The normalized spacial score (nSPS) is 17.8. The van der Waals surface area contributed by atoms with Gasteiger partial charge in [-0.25, -0.2) is 0 Å². The molecule has 1 fully saturated rings. The van der Waals surface area contributed by atoms with Crippen molar-refractivity contribution in [2.75, 3.05) is 20.2 Å². The van der Waals surface area contributed by atoms with Gasteiger partial charge in [0.15, 0.2) is 0 Å². The molecule has 2 aliphatic rings. The number of aryl methyl sites for hydroxylation is 2. The van der Waals surface area contributed by atoms with E-state index < -0.39 is 0 Å². The molecule has 1 atom stereocenters. The quantitative estimate of drug-likeness (QED) is 0.540. The Balaban J connectivity index is 1.30. The highest BCUT2D eigenvalue weighted by atomic mass is 16.5. The van der Waals surface area contributed by atoms with Crippen molar-refractivity contribution in [2.45, 2.75) is 51.0 Å². The molecular formula is C30H33N3O3. The topological polar surface area (TPSA) is 71.5 Å². The van der Waals surface area contributed by atoms with E-state index in [4.69, 9.17) is 9.72 Å². The second-order valence-corrected chi connectivity index (χ2v) is 9.80. The van der Waals surface area contributed by atoms with Crippen LogP contribution in [-0.2, 0) is 6.42 Å². The summed E-state index contributed by atoms with van der Waals surface area (Å²) in [6, 6.07) is 19.5. The number of nitrogens with one attached hydrogen (secondary N) is 1. The summed E-state index contributed by atoms with van der Waals surface area (Å²) in [5, 5.41) is 3.29. The van der Waals surface area contributed by atoms with E-state index in [2.05, 4.69) is 23.5 Å². The molecule has 2 heterocycles. The summed E-state index contributed by atoms with van der Waals surface area (Å²) >= 11 is 0. The Morgan fingerprint density at radius 1 is 1.00 bits per heavy atom. The third kappa shape index (κ3) is 4.99. The molecule has 0 bridgehead atoms. The molecule has 3 aromatic rings. The second-order valence-electron chi connectivity index (χ2n) is 9.80. The van der Waals surface area contributed by atoms with E-state index >= 15 is 0 Å². The van der Waals surface area contributed by atoms with Crippen molar-refractivity contribution >= 4 is 11.8 Å². The van der Waals surface area contributed by atoms with Gasteiger partial charge >= 0.3 is 0 Å². The highest BCUT2D eigenvalue weighted by molar-refractivity contribution is 5.96. The molecule has 0 radical (unpaired) electrons. The first-order valence-electron chi connectivity index (χ1n) is 12.8. The van der Waals surface area contributed by atoms with E-state index in [-0.39, 0.29) is 23.8 Å². The monoisotopic (exact) mass is 483 g/mol. The third-order valence-corrected chi connectivity index (χ3v) is 7.47. The molecule has 1 N–H and O–H groups in total. The van der Waals surface area contributed by atoms with Crippen LogP contribution in [-0.4, -0.2) is 41.9 Å². The van der Waals surface area contributed by atoms with Gasteiger partial charge in [0.25, 0.3) is 11.8 Å². The van der Waals surface area contributed by atoms with Gasteiger partial charge in [0.1, 0.15) is 5.75 Å². The van der Waals surface area contributed by atoms with Gasteiger partial charge in [-0.3, -0.25) is 14.6 Å². The molecule has 1 saturated heterocycles. The SMILES string of the molecule is COc1cccc(C(=O)N2CCC(c3nc(C)ccc3C(=O)NC3CCCc4ccccc43)CC2)c1. The number of carbonyl (C=O) groups excluding carboxylic acids is 2. The number of carbonyl (C=O) groups is 2. The first-order valence-corrected chi connectivity index (χ1v) is 12.8. The fourth-order valence-electron chi connectivity index (χ4n) is 5.51. The fourth-order valence-corrected chi connectivity index (χ4v) is 5.51. The number of likely N-dealkylation sites (tertiary alicyclic amines) is 1. The van der Waals surface area contributed by atoms with E-state index in [0.717, 1.165) is 43.5 Å². The Labute approximate surface area is 212 Å². The number of methoxy groups -OCH3 is 1. The Bertz CT molecular complexity index is 1260. The smallest absolute Gasteiger partial charge is 0.253 e. The first kappa shape index (κ1) is 24.0. The number of hydrogen-bond donors (Lipinski definition) is 1. The predicted octanol–water partition coefficient (Wildman–Crippen LogP) is 5.23. The number of nitrogens with zero attached hydrogens (tertiary/aromatic N) is 2. The molecule has 2 aromatic carbocycles.